The van der Waals surface area contributed by atoms with Crippen molar-refractivity contribution in [1.29, 1.82) is 0 Å². The minimum absolute atomic E-state index is 0. The number of carbonyl (C=O) groups is 1. The van der Waals surface area contributed by atoms with Crippen LogP contribution >= 0.6 is 24.0 Å². The minimum atomic E-state index is -0.733. The van der Waals surface area contributed by atoms with E-state index in [1.807, 2.05) is 32.6 Å². The van der Waals surface area contributed by atoms with Gasteiger partial charge in [0, 0.05) is 54.0 Å². The summed E-state index contributed by atoms with van der Waals surface area (Å²) in [6.45, 7) is 8.87. The number of hydrogen-bond donors (Lipinski definition) is 2. The SMILES string of the molecule is CCS(=O)C1CCCC(NC(=NC)NCCN(C(=O)OC(C)(C)C)C2CC2)C1.I. The first-order valence-corrected chi connectivity index (χ1v) is 12.0. The second-order valence-corrected chi connectivity index (χ2v) is 10.7. The van der Waals surface area contributed by atoms with Crippen molar-refractivity contribution in [2.75, 3.05) is 25.9 Å². The fraction of sp³-hybridized carbons (Fsp3) is 0.900. The molecule has 2 aliphatic carbocycles. The van der Waals surface area contributed by atoms with Gasteiger partial charge < -0.3 is 20.3 Å². The van der Waals surface area contributed by atoms with Crippen LogP contribution in [-0.4, -0.2) is 70.0 Å². The van der Waals surface area contributed by atoms with Gasteiger partial charge in [-0.3, -0.25) is 9.20 Å². The lowest BCUT2D eigenvalue weighted by atomic mass is 9.95. The van der Waals surface area contributed by atoms with E-state index in [9.17, 15) is 9.00 Å². The Balaban J connectivity index is 0.00000420. The normalized spacial score (nSPS) is 23.6. The average molecular weight is 543 g/mol. The van der Waals surface area contributed by atoms with E-state index in [2.05, 4.69) is 15.6 Å². The van der Waals surface area contributed by atoms with E-state index < -0.39 is 16.4 Å². The lowest BCUT2D eigenvalue weighted by Crippen LogP contribution is -2.49. The van der Waals surface area contributed by atoms with Crippen LogP contribution in [0.4, 0.5) is 4.79 Å². The van der Waals surface area contributed by atoms with E-state index in [1.54, 1.807) is 7.05 Å². The predicted molar refractivity (Wildman–Crippen MR) is 131 cm³/mol. The Labute approximate surface area is 195 Å². The highest BCUT2D eigenvalue weighted by atomic mass is 127. The van der Waals surface area contributed by atoms with Crippen molar-refractivity contribution in [2.24, 2.45) is 4.99 Å². The number of amides is 1. The van der Waals surface area contributed by atoms with Crippen LogP contribution in [0.2, 0.25) is 0 Å². The smallest absolute Gasteiger partial charge is 0.410 e. The lowest BCUT2D eigenvalue weighted by Gasteiger charge is -2.30. The van der Waals surface area contributed by atoms with E-state index in [0.29, 0.717) is 25.2 Å². The van der Waals surface area contributed by atoms with Crippen molar-refractivity contribution >= 4 is 46.8 Å². The Morgan fingerprint density at radius 3 is 2.48 bits per heavy atom. The van der Waals surface area contributed by atoms with Crippen LogP contribution in [0, 0.1) is 0 Å². The Bertz CT molecular complexity index is 579. The number of nitrogens with one attached hydrogen (secondary N) is 2. The maximum absolute atomic E-state index is 12.4. The predicted octanol–water partition coefficient (Wildman–Crippen LogP) is 3.25. The molecule has 0 heterocycles. The summed E-state index contributed by atoms with van der Waals surface area (Å²) < 4.78 is 17.7. The fourth-order valence-corrected chi connectivity index (χ4v) is 4.91. The Kier molecular flexibility index (Phi) is 11.2. The summed E-state index contributed by atoms with van der Waals surface area (Å²) in [7, 11) is 1.02. The van der Waals surface area contributed by atoms with E-state index >= 15 is 0 Å². The first-order valence-electron chi connectivity index (χ1n) is 10.6. The standard InChI is InChI=1S/C20H38N4O3S.HI/c1-6-28(26)17-9-7-8-15(14-17)23-18(21-5)22-12-13-24(16-10-11-16)19(25)27-20(2,3)4;/h15-17H,6-14H2,1-5H3,(H2,21,22,23);1H. The zero-order chi connectivity index (χ0) is 20.7. The number of carbonyl (C=O) groups excluding carboxylic acids is 1. The number of hydrogen-bond acceptors (Lipinski definition) is 4. The van der Waals surface area contributed by atoms with Gasteiger partial charge in [-0.2, -0.15) is 0 Å². The van der Waals surface area contributed by atoms with Crippen LogP contribution < -0.4 is 10.6 Å². The topological polar surface area (TPSA) is 83.0 Å². The molecule has 0 radical (unpaired) electrons. The van der Waals surface area contributed by atoms with Crippen LogP contribution in [0.15, 0.2) is 4.99 Å². The Hall–Kier alpha value is -0.580. The van der Waals surface area contributed by atoms with E-state index in [1.165, 1.54) is 0 Å². The minimum Gasteiger partial charge on any atom is -0.444 e. The summed E-state index contributed by atoms with van der Waals surface area (Å²) in [5.74, 6) is 1.47. The molecule has 0 bridgehead atoms. The molecule has 2 rings (SSSR count). The van der Waals surface area contributed by atoms with Gasteiger partial charge in [0.15, 0.2) is 5.96 Å². The van der Waals surface area contributed by atoms with Gasteiger partial charge in [-0.15, -0.1) is 24.0 Å². The molecule has 2 fully saturated rings. The van der Waals surface area contributed by atoms with Crippen molar-refractivity contribution in [3.8, 4) is 0 Å². The van der Waals surface area contributed by atoms with Crippen molar-refractivity contribution < 1.29 is 13.7 Å². The number of nitrogens with zero attached hydrogens (tertiary/aromatic N) is 2. The van der Waals surface area contributed by atoms with Gasteiger partial charge in [-0.25, -0.2) is 4.79 Å². The number of ether oxygens (including phenoxy) is 1. The number of halogens is 1. The molecule has 3 atom stereocenters. The molecular formula is C20H39IN4O3S. The molecule has 7 nitrogen and oxygen atoms in total. The second kappa shape index (κ2) is 12.3. The maximum Gasteiger partial charge on any atom is 0.410 e. The first kappa shape index (κ1) is 26.5. The van der Waals surface area contributed by atoms with Crippen LogP contribution in [-0.2, 0) is 15.5 Å². The molecule has 0 aromatic carbocycles. The summed E-state index contributed by atoms with van der Waals surface area (Å²) in [5, 5.41) is 7.07. The quantitative estimate of drug-likeness (QED) is 0.293. The van der Waals surface area contributed by atoms with Crippen molar-refractivity contribution in [2.45, 2.75) is 89.2 Å². The molecule has 9 heteroatoms. The van der Waals surface area contributed by atoms with Gasteiger partial charge in [-0.1, -0.05) is 13.3 Å². The molecular weight excluding hydrogens is 503 g/mol. The highest BCUT2D eigenvalue weighted by molar-refractivity contribution is 14.0. The van der Waals surface area contributed by atoms with Crippen LogP contribution in [0.5, 0.6) is 0 Å². The third-order valence-electron chi connectivity index (χ3n) is 5.11. The van der Waals surface area contributed by atoms with Gasteiger partial charge >= 0.3 is 6.09 Å². The molecule has 170 valence electrons. The molecule has 2 N–H and O–H groups in total. The van der Waals surface area contributed by atoms with Gasteiger partial charge in [0.2, 0.25) is 0 Å². The monoisotopic (exact) mass is 542 g/mol. The van der Waals surface area contributed by atoms with Gasteiger partial charge in [0.1, 0.15) is 5.60 Å². The van der Waals surface area contributed by atoms with E-state index in [4.69, 9.17) is 4.74 Å². The van der Waals surface area contributed by atoms with Crippen molar-refractivity contribution in [1.82, 2.24) is 15.5 Å². The van der Waals surface area contributed by atoms with Gasteiger partial charge in [0.25, 0.3) is 0 Å². The lowest BCUT2D eigenvalue weighted by molar-refractivity contribution is 0.0237. The number of rotatable bonds is 7. The van der Waals surface area contributed by atoms with Crippen LogP contribution in [0.1, 0.15) is 66.2 Å². The zero-order valence-corrected chi connectivity index (χ0v) is 21.7. The van der Waals surface area contributed by atoms with Crippen LogP contribution in [0.3, 0.4) is 0 Å². The Morgan fingerprint density at radius 2 is 1.93 bits per heavy atom. The van der Waals surface area contributed by atoms with E-state index in [-0.39, 0.29) is 35.3 Å². The highest BCUT2D eigenvalue weighted by Gasteiger charge is 2.35. The molecule has 0 aromatic rings. The average Bonchev–Trinajstić information content (AvgIpc) is 3.47. The molecule has 0 aromatic heterocycles. The summed E-state index contributed by atoms with van der Waals surface area (Å²) >= 11 is 0. The van der Waals surface area contributed by atoms with Gasteiger partial charge in [0.05, 0.1) is 0 Å². The summed E-state index contributed by atoms with van der Waals surface area (Å²) in [6, 6.07) is 0.598. The molecule has 3 unspecified atom stereocenters. The first-order chi connectivity index (χ1) is 13.2. The third-order valence-corrected chi connectivity index (χ3v) is 6.85. The summed E-state index contributed by atoms with van der Waals surface area (Å²) in [6.07, 6.45) is 6.00. The largest absolute Gasteiger partial charge is 0.444 e. The molecule has 0 spiro atoms. The molecule has 2 aliphatic rings. The molecule has 29 heavy (non-hydrogen) atoms. The second-order valence-electron chi connectivity index (χ2n) is 8.70. The number of aliphatic imine (C=N–C) groups is 1. The van der Waals surface area contributed by atoms with Gasteiger partial charge in [-0.05, 0) is 52.9 Å². The number of guanidine groups is 1. The highest BCUT2D eigenvalue weighted by Crippen LogP contribution is 2.28. The molecule has 0 saturated heterocycles. The van der Waals surface area contributed by atoms with Crippen molar-refractivity contribution in [3.05, 3.63) is 0 Å². The maximum atomic E-state index is 12.4. The fourth-order valence-electron chi connectivity index (χ4n) is 3.56. The summed E-state index contributed by atoms with van der Waals surface area (Å²) in [4.78, 5) is 18.6. The van der Waals surface area contributed by atoms with Crippen LogP contribution in [0.25, 0.3) is 0 Å². The molecule has 0 aliphatic heterocycles. The summed E-state index contributed by atoms with van der Waals surface area (Å²) in [5.41, 5.74) is -0.481. The Morgan fingerprint density at radius 1 is 1.24 bits per heavy atom. The third kappa shape index (κ3) is 9.40. The van der Waals surface area contributed by atoms with E-state index in [0.717, 1.165) is 50.2 Å². The molecule has 1 amide bonds. The molecule has 2 saturated carbocycles. The van der Waals surface area contributed by atoms with Crippen molar-refractivity contribution in [3.63, 3.8) is 0 Å². The zero-order valence-electron chi connectivity index (χ0n) is 18.5.